The summed E-state index contributed by atoms with van der Waals surface area (Å²) in [5.74, 6) is 1.63. The normalized spacial score (nSPS) is 13.8. The van der Waals surface area contributed by atoms with E-state index in [1.807, 2.05) is 0 Å². The Morgan fingerprint density at radius 3 is 2.34 bits per heavy atom. The van der Waals surface area contributed by atoms with E-state index in [0.717, 1.165) is 12.4 Å². The number of rotatable bonds is 9. The average Bonchev–Trinajstić information content (AvgIpc) is 3.48. The molecule has 0 aliphatic rings. The fourth-order valence-electron chi connectivity index (χ4n) is 3.31. The summed E-state index contributed by atoms with van der Waals surface area (Å²) in [5.41, 5.74) is 0.445. The highest BCUT2D eigenvalue weighted by Crippen LogP contribution is 2.38. The Hall–Kier alpha value is -3.84. The molecule has 3 atom stereocenters. The van der Waals surface area contributed by atoms with Gasteiger partial charge in [-0.25, -0.2) is 18.6 Å². The molecule has 35 heavy (non-hydrogen) atoms. The van der Waals surface area contributed by atoms with Crippen molar-refractivity contribution in [3.63, 3.8) is 0 Å². The van der Waals surface area contributed by atoms with Gasteiger partial charge in [0.1, 0.15) is 40.0 Å². The lowest BCUT2D eigenvalue weighted by Gasteiger charge is -2.19. The number of methoxy groups -OCH3 is 2. The first-order valence-electron chi connectivity index (χ1n) is 10.4. The highest BCUT2D eigenvalue weighted by atomic mass is 32.2. The number of nitrogens with zero attached hydrogens (tertiary/aromatic N) is 5. The lowest BCUT2D eigenvalue weighted by atomic mass is 10.2. The first-order chi connectivity index (χ1) is 16.8. The van der Waals surface area contributed by atoms with E-state index < -0.39 is 28.2 Å². The smallest absolute Gasteiger partial charge is 0.241 e. The van der Waals surface area contributed by atoms with Crippen LogP contribution in [0.4, 0.5) is 10.3 Å². The van der Waals surface area contributed by atoms with Crippen LogP contribution < -0.4 is 14.2 Å². The van der Waals surface area contributed by atoms with Crippen molar-refractivity contribution in [1.82, 2.24) is 24.7 Å². The molecule has 184 valence electrons. The third-order valence-electron chi connectivity index (χ3n) is 5.13. The third-order valence-corrected chi connectivity index (χ3v) is 6.45. The molecule has 1 aromatic carbocycles. The van der Waals surface area contributed by atoms with Crippen LogP contribution in [0.25, 0.3) is 17.3 Å². The van der Waals surface area contributed by atoms with Crippen molar-refractivity contribution in [2.75, 3.05) is 18.9 Å². The van der Waals surface area contributed by atoms with Crippen molar-refractivity contribution in [2.24, 2.45) is 0 Å². The standard InChI is InChI=1S/C22H23FN6O5S/c1-12-8-9-17(34-12)21-26-27-22(29(21)18-15(32-3)6-5-7-16(18)33-4)28-35(31)13(2)19(30)20-24-10-14(23)11-25-20/h5-11,13,19,30H,1-4H3,(H,27,28). The number of hydrogen-bond acceptors (Lipinski definition) is 9. The number of aromatic nitrogens is 5. The lowest BCUT2D eigenvalue weighted by Crippen LogP contribution is -2.27. The van der Waals surface area contributed by atoms with E-state index in [-0.39, 0.29) is 11.8 Å². The quantitative estimate of drug-likeness (QED) is 0.354. The van der Waals surface area contributed by atoms with Gasteiger partial charge in [-0.1, -0.05) is 6.07 Å². The van der Waals surface area contributed by atoms with Crippen LogP contribution in [0.3, 0.4) is 0 Å². The summed E-state index contributed by atoms with van der Waals surface area (Å²) in [5, 5.41) is 18.1. The lowest BCUT2D eigenvalue weighted by molar-refractivity contribution is 0.167. The second-order valence-electron chi connectivity index (χ2n) is 7.41. The number of hydrogen-bond donors (Lipinski definition) is 2. The average molecular weight is 503 g/mol. The number of anilines is 1. The van der Waals surface area contributed by atoms with Crippen molar-refractivity contribution in [3.8, 4) is 28.8 Å². The van der Waals surface area contributed by atoms with Gasteiger partial charge < -0.3 is 19.0 Å². The Kier molecular flexibility index (Phi) is 7.07. The fraction of sp³-hybridized carbons (Fsp3) is 0.273. The Bertz CT molecular complexity index is 1320. The van der Waals surface area contributed by atoms with E-state index in [2.05, 4.69) is 24.9 Å². The maximum absolute atomic E-state index is 13.2. The summed E-state index contributed by atoms with van der Waals surface area (Å²) >= 11 is 0. The molecule has 0 bridgehead atoms. The van der Waals surface area contributed by atoms with E-state index in [1.54, 1.807) is 41.8 Å². The summed E-state index contributed by atoms with van der Waals surface area (Å²) in [7, 11) is 1.11. The van der Waals surface area contributed by atoms with Gasteiger partial charge in [-0.15, -0.1) is 10.2 Å². The van der Waals surface area contributed by atoms with Gasteiger partial charge >= 0.3 is 0 Å². The molecule has 4 aromatic rings. The molecule has 4 rings (SSSR count). The number of aliphatic hydroxyl groups excluding tert-OH is 1. The number of ether oxygens (including phenoxy) is 2. The summed E-state index contributed by atoms with van der Waals surface area (Å²) in [6, 6.07) is 8.73. The summed E-state index contributed by atoms with van der Waals surface area (Å²) < 4.78 is 47.5. The molecule has 0 spiro atoms. The molecule has 3 aromatic heterocycles. The second-order valence-corrected chi connectivity index (χ2v) is 8.96. The molecule has 0 amide bonds. The van der Waals surface area contributed by atoms with Crippen molar-refractivity contribution in [1.29, 1.82) is 0 Å². The van der Waals surface area contributed by atoms with Gasteiger partial charge in [0, 0.05) is 0 Å². The molecule has 2 N–H and O–H groups in total. The first-order valence-corrected chi connectivity index (χ1v) is 11.6. The number of furan rings is 1. The highest BCUT2D eigenvalue weighted by Gasteiger charge is 2.29. The minimum atomic E-state index is -1.90. The molecule has 13 heteroatoms. The van der Waals surface area contributed by atoms with E-state index >= 15 is 0 Å². The molecule has 0 fully saturated rings. The number of halogens is 1. The minimum absolute atomic E-state index is 0.0614. The van der Waals surface area contributed by atoms with Crippen LogP contribution in [-0.2, 0) is 11.0 Å². The molecule has 0 saturated heterocycles. The number of aryl methyl sites for hydroxylation is 1. The molecule has 11 nitrogen and oxygen atoms in total. The molecule has 0 saturated carbocycles. The van der Waals surface area contributed by atoms with Gasteiger partial charge in [0.25, 0.3) is 0 Å². The number of benzene rings is 1. The zero-order valence-corrected chi connectivity index (χ0v) is 20.1. The highest BCUT2D eigenvalue weighted by molar-refractivity contribution is 7.87. The molecular formula is C22H23FN6O5S. The summed E-state index contributed by atoms with van der Waals surface area (Å²) in [6.07, 6.45) is 0.515. The Morgan fingerprint density at radius 2 is 1.77 bits per heavy atom. The van der Waals surface area contributed by atoms with Gasteiger partial charge in [0.05, 0.1) is 31.9 Å². The van der Waals surface area contributed by atoms with E-state index in [4.69, 9.17) is 13.9 Å². The maximum atomic E-state index is 13.2. The predicted molar refractivity (Wildman–Crippen MR) is 125 cm³/mol. The van der Waals surface area contributed by atoms with Gasteiger partial charge in [0.15, 0.2) is 17.4 Å². The molecule has 3 heterocycles. The SMILES string of the molecule is COc1cccc(OC)c1-n1c(NS(=O)C(C)C(O)c2ncc(F)cn2)nnc1-c1ccc(C)o1. The Labute approximate surface area is 202 Å². The predicted octanol–water partition coefficient (Wildman–Crippen LogP) is 2.98. The largest absolute Gasteiger partial charge is 0.494 e. The maximum Gasteiger partial charge on any atom is 0.241 e. The zero-order chi connectivity index (χ0) is 25.1. The van der Waals surface area contributed by atoms with E-state index in [1.165, 1.54) is 21.1 Å². The monoisotopic (exact) mass is 502 g/mol. The van der Waals surface area contributed by atoms with Crippen LogP contribution in [0.15, 0.2) is 47.1 Å². The minimum Gasteiger partial charge on any atom is -0.494 e. The number of aliphatic hydroxyl groups is 1. The van der Waals surface area contributed by atoms with Crippen LogP contribution in [0.2, 0.25) is 0 Å². The van der Waals surface area contributed by atoms with Crippen LogP contribution in [0.1, 0.15) is 24.6 Å². The number of para-hydroxylation sites is 1. The van der Waals surface area contributed by atoms with Gasteiger partial charge in [-0.05, 0) is 38.1 Å². The second kappa shape index (κ2) is 10.2. The molecular weight excluding hydrogens is 479 g/mol. The van der Waals surface area contributed by atoms with E-state index in [0.29, 0.717) is 34.5 Å². The first kappa shape index (κ1) is 24.3. The molecule has 3 unspecified atom stereocenters. The van der Waals surface area contributed by atoms with Crippen molar-refractivity contribution < 1.29 is 27.6 Å². The Morgan fingerprint density at radius 1 is 1.11 bits per heavy atom. The van der Waals surface area contributed by atoms with Gasteiger partial charge in [-0.3, -0.25) is 9.29 Å². The van der Waals surface area contributed by atoms with E-state index in [9.17, 15) is 13.7 Å². The zero-order valence-electron chi connectivity index (χ0n) is 19.3. The van der Waals surface area contributed by atoms with Crippen LogP contribution in [-0.4, -0.2) is 53.5 Å². The molecule has 0 radical (unpaired) electrons. The van der Waals surface area contributed by atoms with Crippen LogP contribution in [0, 0.1) is 12.7 Å². The van der Waals surface area contributed by atoms with Gasteiger partial charge in [0.2, 0.25) is 11.8 Å². The third kappa shape index (κ3) is 4.86. The Balaban J connectivity index is 1.76. The summed E-state index contributed by atoms with van der Waals surface area (Å²) in [6.45, 7) is 3.32. The fourth-order valence-corrected chi connectivity index (χ4v) is 4.17. The van der Waals surface area contributed by atoms with Crippen LogP contribution >= 0.6 is 0 Å². The summed E-state index contributed by atoms with van der Waals surface area (Å²) in [4.78, 5) is 7.54. The van der Waals surface area contributed by atoms with Crippen LogP contribution in [0.5, 0.6) is 11.5 Å². The molecule has 0 aliphatic carbocycles. The molecule has 0 aliphatic heterocycles. The van der Waals surface area contributed by atoms with Gasteiger partial charge in [-0.2, -0.15) is 0 Å². The van der Waals surface area contributed by atoms with Crippen molar-refractivity contribution in [2.45, 2.75) is 25.2 Å². The topological polar surface area (TPSA) is 137 Å². The van der Waals surface area contributed by atoms with Crippen molar-refractivity contribution in [3.05, 3.63) is 60.1 Å². The number of nitrogens with one attached hydrogen (secondary N) is 1. The van der Waals surface area contributed by atoms with Crippen molar-refractivity contribution >= 4 is 16.9 Å².